The average molecular weight is 283 g/mol. The minimum atomic E-state index is 0.0256. The van der Waals surface area contributed by atoms with Gasteiger partial charge in [0.15, 0.2) is 0 Å². The van der Waals surface area contributed by atoms with Crippen LogP contribution in [0.3, 0.4) is 0 Å². The molecule has 0 bridgehead atoms. The zero-order chi connectivity index (χ0) is 14.8. The van der Waals surface area contributed by atoms with Gasteiger partial charge in [-0.05, 0) is 34.1 Å². The molecule has 7 heteroatoms. The molecule has 1 aromatic rings. The van der Waals surface area contributed by atoms with Crippen molar-refractivity contribution in [2.45, 2.75) is 40.2 Å². The quantitative estimate of drug-likeness (QED) is 0.635. The predicted molar refractivity (Wildman–Crippen MR) is 79.4 cm³/mol. The topological polar surface area (TPSA) is 81.2 Å². The van der Waals surface area contributed by atoms with Crippen LogP contribution in [0.1, 0.15) is 34.1 Å². The lowest BCUT2D eigenvalue weighted by Crippen LogP contribution is -2.14. The Balaban J connectivity index is 2.60. The van der Waals surface area contributed by atoms with E-state index >= 15 is 0 Å². The number of nitrogens with one attached hydrogen (secondary N) is 2. The van der Waals surface area contributed by atoms with Crippen LogP contribution in [-0.2, 0) is 4.74 Å². The van der Waals surface area contributed by atoms with Gasteiger partial charge in [-0.2, -0.15) is 15.0 Å². The van der Waals surface area contributed by atoms with Crippen LogP contribution in [0.4, 0.5) is 11.9 Å². The zero-order valence-corrected chi connectivity index (χ0v) is 12.8. The molecule has 0 unspecified atom stereocenters. The largest absolute Gasteiger partial charge is 0.461 e. The van der Waals surface area contributed by atoms with Crippen molar-refractivity contribution in [3.8, 4) is 6.01 Å². The number of hydrogen-bond donors (Lipinski definition) is 2. The van der Waals surface area contributed by atoms with E-state index in [4.69, 9.17) is 9.47 Å². The highest BCUT2D eigenvalue weighted by atomic mass is 16.5. The molecule has 0 aromatic carbocycles. The van der Waals surface area contributed by atoms with Gasteiger partial charge in [0.05, 0.1) is 6.10 Å². The molecular weight excluding hydrogens is 258 g/mol. The Labute approximate surface area is 120 Å². The Morgan fingerprint density at radius 1 is 1.05 bits per heavy atom. The van der Waals surface area contributed by atoms with E-state index in [1.165, 1.54) is 0 Å². The fourth-order valence-electron chi connectivity index (χ4n) is 1.46. The first-order valence-corrected chi connectivity index (χ1v) is 7.13. The van der Waals surface area contributed by atoms with E-state index in [9.17, 15) is 0 Å². The highest BCUT2D eigenvalue weighted by Crippen LogP contribution is 2.12. The second-order valence-electron chi connectivity index (χ2n) is 4.44. The number of rotatable bonds is 10. The maximum atomic E-state index is 5.52. The van der Waals surface area contributed by atoms with Gasteiger partial charge in [-0.3, -0.25) is 0 Å². The third-order valence-corrected chi connectivity index (χ3v) is 2.24. The SMILES string of the molecule is CCNc1nc(NCCCOCC)nc(OC(C)C)n1. The van der Waals surface area contributed by atoms with Gasteiger partial charge in [0.1, 0.15) is 0 Å². The van der Waals surface area contributed by atoms with E-state index < -0.39 is 0 Å². The van der Waals surface area contributed by atoms with E-state index in [-0.39, 0.29) is 6.10 Å². The first-order chi connectivity index (χ1) is 9.65. The van der Waals surface area contributed by atoms with Gasteiger partial charge >= 0.3 is 6.01 Å². The van der Waals surface area contributed by atoms with Gasteiger partial charge in [0.2, 0.25) is 11.9 Å². The number of aromatic nitrogens is 3. The minimum Gasteiger partial charge on any atom is -0.461 e. The van der Waals surface area contributed by atoms with Gasteiger partial charge in [0.25, 0.3) is 0 Å². The lowest BCUT2D eigenvalue weighted by Gasteiger charge is -2.11. The number of nitrogens with zero attached hydrogens (tertiary/aromatic N) is 3. The Kier molecular flexibility index (Phi) is 7.64. The molecule has 0 saturated carbocycles. The predicted octanol–water partition coefficient (Wildman–Crippen LogP) is 1.93. The third kappa shape index (κ3) is 6.51. The van der Waals surface area contributed by atoms with Gasteiger partial charge in [-0.1, -0.05) is 0 Å². The number of ether oxygens (including phenoxy) is 2. The molecule has 0 atom stereocenters. The lowest BCUT2D eigenvalue weighted by atomic mass is 10.4. The van der Waals surface area contributed by atoms with Crippen LogP contribution in [0.2, 0.25) is 0 Å². The maximum Gasteiger partial charge on any atom is 0.323 e. The van der Waals surface area contributed by atoms with E-state index in [2.05, 4.69) is 25.6 Å². The zero-order valence-electron chi connectivity index (χ0n) is 12.8. The van der Waals surface area contributed by atoms with Crippen molar-refractivity contribution in [2.75, 3.05) is 36.9 Å². The van der Waals surface area contributed by atoms with Crippen LogP contribution < -0.4 is 15.4 Å². The van der Waals surface area contributed by atoms with E-state index in [0.29, 0.717) is 17.9 Å². The standard InChI is InChI=1S/C13H25N5O2/c1-5-14-11-16-12(15-8-7-9-19-6-2)18-13(17-11)20-10(3)4/h10H,5-9H2,1-4H3,(H2,14,15,16,17,18). The smallest absolute Gasteiger partial charge is 0.323 e. The first kappa shape index (κ1) is 16.4. The van der Waals surface area contributed by atoms with Crippen LogP contribution >= 0.6 is 0 Å². The molecule has 0 spiro atoms. The van der Waals surface area contributed by atoms with Crippen molar-refractivity contribution in [1.29, 1.82) is 0 Å². The Bertz CT molecular complexity index is 387. The summed E-state index contributed by atoms with van der Waals surface area (Å²) in [6, 6.07) is 0.332. The molecule has 0 radical (unpaired) electrons. The van der Waals surface area contributed by atoms with Crippen LogP contribution in [0.5, 0.6) is 6.01 Å². The summed E-state index contributed by atoms with van der Waals surface area (Å²) in [6.45, 7) is 10.8. The third-order valence-electron chi connectivity index (χ3n) is 2.24. The normalized spacial score (nSPS) is 10.7. The molecule has 0 aliphatic rings. The van der Waals surface area contributed by atoms with Crippen LogP contribution in [0, 0.1) is 0 Å². The Hall–Kier alpha value is -1.63. The molecule has 0 amide bonds. The van der Waals surface area contributed by atoms with Crippen molar-refractivity contribution >= 4 is 11.9 Å². The summed E-state index contributed by atoms with van der Waals surface area (Å²) in [5, 5.41) is 6.22. The Morgan fingerprint density at radius 3 is 2.35 bits per heavy atom. The van der Waals surface area contributed by atoms with Gasteiger partial charge in [0, 0.05) is 26.3 Å². The van der Waals surface area contributed by atoms with E-state index in [1.807, 2.05) is 27.7 Å². The van der Waals surface area contributed by atoms with E-state index in [1.54, 1.807) is 0 Å². The Morgan fingerprint density at radius 2 is 1.75 bits per heavy atom. The summed E-state index contributed by atoms with van der Waals surface area (Å²) < 4.78 is 10.8. The van der Waals surface area contributed by atoms with Gasteiger partial charge in [-0.25, -0.2) is 0 Å². The van der Waals surface area contributed by atoms with E-state index in [0.717, 1.165) is 32.7 Å². The second-order valence-corrected chi connectivity index (χ2v) is 4.44. The lowest BCUT2D eigenvalue weighted by molar-refractivity contribution is 0.147. The van der Waals surface area contributed by atoms with Crippen LogP contribution in [0.25, 0.3) is 0 Å². The van der Waals surface area contributed by atoms with Crippen molar-refractivity contribution in [3.05, 3.63) is 0 Å². The van der Waals surface area contributed by atoms with Crippen molar-refractivity contribution < 1.29 is 9.47 Å². The van der Waals surface area contributed by atoms with Crippen molar-refractivity contribution in [1.82, 2.24) is 15.0 Å². The first-order valence-electron chi connectivity index (χ1n) is 7.13. The number of hydrogen-bond acceptors (Lipinski definition) is 7. The highest BCUT2D eigenvalue weighted by molar-refractivity contribution is 5.35. The highest BCUT2D eigenvalue weighted by Gasteiger charge is 2.08. The molecule has 1 aromatic heterocycles. The molecule has 1 heterocycles. The molecular formula is C13H25N5O2. The monoisotopic (exact) mass is 283 g/mol. The van der Waals surface area contributed by atoms with Gasteiger partial charge < -0.3 is 20.1 Å². The summed E-state index contributed by atoms with van der Waals surface area (Å²) >= 11 is 0. The molecule has 0 saturated heterocycles. The molecule has 114 valence electrons. The second kappa shape index (κ2) is 9.30. The molecule has 0 aliphatic carbocycles. The van der Waals surface area contributed by atoms with Crippen molar-refractivity contribution in [3.63, 3.8) is 0 Å². The fraction of sp³-hybridized carbons (Fsp3) is 0.769. The van der Waals surface area contributed by atoms with Crippen LogP contribution in [-0.4, -0.2) is 47.4 Å². The maximum absolute atomic E-state index is 5.52. The summed E-state index contributed by atoms with van der Waals surface area (Å²) in [4.78, 5) is 12.7. The molecule has 0 fully saturated rings. The summed E-state index contributed by atoms with van der Waals surface area (Å²) in [5.74, 6) is 1.04. The molecule has 1 rings (SSSR count). The van der Waals surface area contributed by atoms with Crippen LogP contribution in [0.15, 0.2) is 0 Å². The molecule has 2 N–H and O–H groups in total. The fourth-order valence-corrected chi connectivity index (χ4v) is 1.46. The number of anilines is 2. The summed E-state index contributed by atoms with van der Waals surface area (Å²) in [5.41, 5.74) is 0. The molecule has 0 aliphatic heterocycles. The molecule has 7 nitrogen and oxygen atoms in total. The average Bonchev–Trinajstić information content (AvgIpc) is 2.38. The van der Waals surface area contributed by atoms with Gasteiger partial charge in [-0.15, -0.1) is 0 Å². The summed E-state index contributed by atoms with van der Waals surface area (Å²) in [7, 11) is 0. The van der Waals surface area contributed by atoms with Crippen molar-refractivity contribution in [2.24, 2.45) is 0 Å². The molecule has 20 heavy (non-hydrogen) atoms. The summed E-state index contributed by atoms with van der Waals surface area (Å²) in [6.07, 6.45) is 0.925. The minimum absolute atomic E-state index is 0.0256.